The van der Waals surface area contributed by atoms with Gasteiger partial charge in [-0.1, -0.05) is 30.3 Å². The number of amides is 1. The average Bonchev–Trinajstić information content (AvgIpc) is 2.94. The van der Waals surface area contributed by atoms with E-state index in [1.807, 2.05) is 6.07 Å². The zero-order valence-electron chi connectivity index (χ0n) is 10.5. The van der Waals surface area contributed by atoms with Crippen molar-refractivity contribution in [3.63, 3.8) is 0 Å². The maximum atomic E-state index is 11.8. The molecule has 0 aliphatic carbocycles. The quantitative estimate of drug-likeness (QED) is 0.358. The van der Waals surface area contributed by atoms with Crippen molar-refractivity contribution < 1.29 is 9.72 Å². The van der Waals surface area contributed by atoms with Gasteiger partial charge in [0.05, 0.1) is 17.4 Å². The molecule has 0 bridgehead atoms. The van der Waals surface area contributed by atoms with E-state index >= 15 is 0 Å². The van der Waals surface area contributed by atoms with Crippen LogP contribution >= 0.6 is 0 Å². The molecule has 8 nitrogen and oxygen atoms in total. The molecule has 1 amide bonds. The number of nitro groups is 1. The minimum atomic E-state index is -0.569. The van der Waals surface area contributed by atoms with E-state index in [1.165, 1.54) is 10.9 Å². The van der Waals surface area contributed by atoms with E-state index in [2.05, 4.69) is 10.5 Å². The van der Waals surface area contributed by atoms with Crippen molar-refractivity contribution in [2.24, 2.45) is 5.84 Å². The van der Waals surface area contributed by atoms with Crippen molar-refractivity contribution in [2.45, 2.75) is 12.5 Å². The highest BCUT2D eigenvalue weighted by atomic mass is 16.6. The number of carbonyl (C=O) groups is 1. The third-order valence-electron chi connectivity index (χ3n) is 2.86. The topological polar surface area (TPSA) is 116 Å². The summed E-state index contributed by atoms with van der Waals surface area (Å²) in [5.41, 5.74) is 2.74. The second kappa shape index (κ2) is 5.93. The SMILES string of the molecule is NNC(=O)C(Cn1cc([N+](=O)[O-])cn1)c1ccccc1. The van der Waals surface area contributed by atoms with Gasteiger partial charge in [-0.2, -0.15) is 5.10 Å². The van der Waals surface area contributed by atoms with Crippen LogP contribution in [-0.2, 0) is 11.3 Å². The van der Waals surface area contributed by atoms with Gasteiger partial charge in [0.25, 0.3) is 0 Å². The summed E-state index contributed by atoms with van der Waals surface area (Å²) in [4.78, 5) is 21.9. The molecule has 0 radical (unpaired) electrons. The highest BCUT2D eigenvalue weighted by molar-refractivity contribution is 5.82. The highest BCUT2D eigenvalue weighted by Crippen LogP contribution is 2.19. The van der Waals surface area contributed by atoms with Crippen LogP contribution in [0.25, 0.3) is 0 Å². The predicted octanol–water partition coefficient (Wildman–Crippen LogP) is 0.565. The number of aromatic nitrogens is 2. The summed E-state index contributed by atoms with van der Waals surface area (Å²) >= 11 is 0. The number of carbonyl (C=O) groups excluding carboxylic acids is 1. The lowest BCUT2D eigenvalue weighted by Crippen LogP contribution is -2.36. The van der Waals surface area contributed by atoms with Crippen LogP contribution in [0.3, 0.4) is 0 Å². The van der Waals surface area contributed by atoms with Crippen LogP contribution < -0.4 is 11.3 Å². The molecule has 1 unspecified atom stereocenters. The Morgan fingerprint density at radius 3 is 2.70 bits per heavy atom. The Morgan fingerprint density at radius 2 is 2.15 bits per heavy atom. The van der Waals surface area contributed by atoms with Crippen LogP contribution in [0, 0.1) is 10.1 Å². The second-order valence-corrected chi connectivity index (χ2v) is 4.15. The molecule has 0 aliphatic rings. The minimum absolute atomic E-state index is 0.120. The number of nitrogens with two attached hydrogens (primary N) is 1. The Morgan fingerprint density at radius 1 is 1.45 bits per heavy atom. The second-order valence-electron chi connectivity index (χ2n) is 4.15. The number of benzene rings is 1. The van der Waals surface area contributed by atoms with Crippen LogP contribution in [0.4, 0.5) is 5.69 Å². The van der Waals surface area contributed by atoms with Crippen LogP contribution in [0.1, 0.15) is 11.5 Å². The third kappa shape index (κ3) is 2.98. The first-order valence-corrected chi connectivity index (χ1v) is 5.84. The number of hydrogen-bond donors (Lipinski definition) is 2. The molecule has 8 heteroatoms. The van der Waals surface area contributed by atoms with Crippen molar-refractivity contribution in [3.8, 4) is 0 Å². The number of hydrogen-bond acceptors (Lipinski definition) is 5. The molecule has 3 N–H and O–H groups in total. The Labute approximate surface area is 114 Å². The summed E-state index contributed by atoms with van der Waals surface area (Å²) in [5, 5.41) is 14.5. The Hall–Kier alpha value is -2.74. The van der Waals surface area contributed by atoms with E-state index in [-0.39, 0.29) is 18.1 Å². The van der Waals surface area contributed by atoms with Gasteiger partial charge < -0.3 is 0 Å². The van der Waals surface area contributed by atoms with E-state index in [1.54, 1.807) is 24.3 Å². The molecule has 0 saturated heterocycles. The lowest BCUT2D eigenvalue weighted by molar-refractivity contribution is -0.385. The van der Waals surface area contributed by atoms with Crippen LogP contribution in [-0.4, -0.2) is 20.6 Å². The lowest BCUT2D eigenvalue weighted by Gasteiger charge is -2.15. The molecule has 0 fully saturated rings. The van der Waals surface area contributed by atoms with Gasteiger partial charge in [0, 0.05) is 0 Å². The van der Waals surface area contributed by atoms with Crippen molar-refractivity contribution in [2.75, 3.05) is 0 Å². The fraction of sp³-hybridized carbons (Fsp3) is 0.167. The first kappa shape index (κ1) is 13.7. The molecular formula is C12H13N5O3. The zero-order valence-corrected chi connectivity index (χ0v) is 10.5. The van der Waals surface area contributed by atoms with Crippen LogP contribution in [0.5, 0.6) is 0 Å². The van der Waals surface area contributed by atoms with Crippen LogP contribution in [0.15, 0.2) is 42.7 Å². The van der Waals surface area contributed by atoms with Gasteiger partial charge in [-0.3, -0.25) is 25.0 Å². The number of nitrogens with zero attached hydrogens (tertiary/aromatic N) is 3. The Balaban J connectivity index is 2.24. The summed E-state index contributed by atoms with van der Waals surface area (Å²) in [6.07, 6.45) is 2.42. The van der Waals surface area contributed by atoms with E-state index < -0.39 is 10.8 Å². The first-order valence-electron chi connectivity index (χ1n) is 5.84. The van der Waals surface area contributed by atoms with Gasteiger partial charge in [-0.15, -0.1) is 0 Å². The molecule has 1 aromatic carbocycles. The van der Waals surface area contributed by atoms with Gasteiger partial charge in [-0.25, -0.2) is 5.84 Å². The first-order chi connectivity index (χ1) is 9.61. The van der Waals surface area contributed by atoms with Gasteiger partial charge in [-0.05, 0) is 5.56 Å². The molecule has 2 aromatic rings. The number of hydrazine groups is 1. The third-order valence-corrected chi connectivity index (χ3v) is 2.86. The van der Waals surface area contributed by atoms with Crippen molar-refractivity contribution in [1.82, 2.24) is 15.2 Å². The average molecular weight is 275 g/mol. The van der Waals surface area contributed by atoms with Crippen molar-refractivity contribution >= 4 is 11.6 Å². The fourth-order valence-electron chi connectivity index (χ4n) is 1.86. The Kier molecular flexibility index (Phi) is 4.06. The predicted molar refractivity (Wildman–Crippen MR) is 70.4 cm³/mol. The molecule has 2 rings (SSSR count). The molecule has 0 spiro atoms. The fourth-order valence-corrected chi connectivity index (χ4v) is 1.86. The largest absolute Gasteiger partial charge is 0.306 e. The Bertz CT molecular complexity index is 611. The van der Waals surface area contributed by atoms with Gasteiger partial charge >= 0.3 is 5.69 Å². The van der Waals surface area contributed by atoms with Crippen molar-refractivity contribution in [3.05, 3.63) is 58.4 Å². The van der Waals surface area contributed by atoms with Gasteiger partial charge in [0.1, 0.15) is 12.4 Å². The van der Waals surface area contributed by atoms with E-state index in [0.29, 0.717) is 0 Å². The number of rotatable bonds is 5. The number of nitrogens with one attached hydrogen (secondary N) is 1. The van der Waals surface area contributed by atoms with Gasteiger partial charge in [0.15, 0.2) is 0 Å². The smallest absolute Gasteiger partial charge is 0.294 e. The maximum absolute atomic E-state index is 11.8. The summed E-state index contributed by atoms with van der Waals surface area (Å²) in [5.74, 6) is 4.23. The maximum Gasteiger partial charge on any atom is 0.306 e. The standard InChI is InChI=1S/C12H13N5O3/c13-15-12(18)11(9-4-2-1-3-5-9)8-16-7-10(6-14-16)17(19)20/h1-7,11H,8,13H2,(H,15,18). The van der Waals surface area contributed by atoms with Crippen molar-refractivity contribution in [1.29, 1.82) is 0 Å². The van der Waals surface area contributed by atoms with E-state index in [9.17, 15) is 14.9 Å². The minimum Gasteiger partial charge on any atom is -0.294 e. The summed E-state index contributed by atoms with van der Waals surface area (Å²) in [6.45, 7) is 0.168. The van der Waals surface area contributed by atoms with E-state index in [4.69, 9.17) is 5.84 Å². The lowest BCUT2D eigenvalue weighted by atomic mass is 9.98. The molecule has 104 valence electrons. The van der Waals surface area contributed by atoms with Gasteiger partial charge in [0.2, 0.25) is 5.91 Å². The monoisotopic (exact) mass is 275 g/mol. The van der Waals surface area contributed by atoms with Crippen LogP contribution in [0.2, 0.25) is 0 Å². The van der Waals surface area contributed by atoms with E-state index in [0.717, 1.165) is 11.8 Å². The summed E-state index contributed by atoms with van der Waals surface area (Å²) in [6, 6.07) is 9.02. The molecule has 1 atom stereocenters. The summed E-state index contributed by atoms with van der Waals surface area (Å²) in [7, 11) is 0. The molecule has 20 heavy (non-hydrogen) atoms. The normalized spacial score (nSPS) is 11.8. The molecule has 0 aliphatic heterocycles. The molecule has 0 saturated carbocycles. The molecule has 1 aromatic heterocycles. The zero-order chi connectivity index (χ0) is 14.5. The molecule has 1 heterocycles. The summed E-state index contributed by atoms with van der Waals surface area (Å²) < 4.78 is 1.35. The highest BCUT2D eigenvalue weighted by Gasteiger charge is 2.21. The molecular weight excluding hydrogens is 262 g/mol.